The average molecular weight is 197 g/mol. The minimum Gasteiger partial charge on any atom is -0.466 e. The van der Waals surface area contributed by atoms with Gasteiger partial charge in [-0.15, -0.1) is 0 Å². The largest absolute Gasteiger partial charge is 0.466 e. The Balaban J connectivity index is 2.65. The first-order valence-corrected chi connectivity index (χ1v) is 4.77. The molecule has 0 aliphatic carbocycles. The van der Waals surface area contributed by atoms with Crippen molar-refractivity contribution in [3.8, 4) is 0 Å². The van der Waals surface area contributed by atoms with Crippen LogP contribution in [0.3, 0.4) is 0 Å². The maximum Gasteiger partial charge on any atom is 0.310 e. The molecule has 14 heavy (non-hydrogen) atoms. The van der Waals surface area contributed by atoms with Crippen LogP contribution in [-0.4, -0.2) is 25.0 Å². The van der Waals surface area contributed by atoms with Crippen LogP contribution in [-0.2, 0) is 14.3 Å². The number of esters is 1. The van der Waals surface area contributed by atoms with Crippen LogP contribution in [0.5, 0.6) is 0 Å². The molecule has 4 nitrogen and oxygen atoms in total. The van der Waals surface area contributed by atoms with Gasteiger partial charge in [-0.25, -0.2) is 0 Å². The van der Waals surface area contributed by atoms with Crippen molar-refractivity contribution in [1.29, 1.82) is 0 Å². The highest BCUT2D eigenvalue weighted by molar-refractivity contribution is 5.99. The maximum absolute atomic E-state index is 11.4. The van der Waals surface area contributed by atoms with Crippen molar-refractivity contribution in [2.24, 2.45) is 0 Å². The third-order valence-electron chi connectivity index (χ3n) is 2.20. The molecule has 0 unspecified atom stereocenters. The Morgan fingerprint density at radius 1 is 1.57 bits per heavy atom. The molecule has 1 aliphatic rings. The zero-order valence-electron chi connectivity index (χ0n) is 8.55. The molecule has 0 spiro atoms. The Morgan fingerprint density at radius 3 is 2.86 bits per heavy atom. The van der Waals surface area contributed by atoms with Gasteiger partial charge in [0.2, 0.25) is 5.91 Å². The fourth-order valence-corrected chi connectivity index (χ4v) is 1.40. The molecule has 4 heteroatoms. The van der Waals surface area contributed by atoms with Crippen molar-refractivity contribution in [3.63, 3.8) is 0 Å². The van der Waals surface area contributed by atoms with Gasteiger partial charge in [0.15, 0.2) is 0 Å². The van der Waals surface area contributed by atoms with Crippen molar-refractivity contribution in [3.05, 3.63) is 11.1 Å². The number of amides is 1. The van der Waals surface area contributed by atoms with Crippen molar-refractivity contribution in [2.45, 2.75) is 26.7 Å². The van der Waals surface area contributed by atoms with Crippen LogP contribution >= 0.6 is 0 Å². The minimum atomic E-state index is -0.334. The van der Waals surface area contributed by atoms with Crippen molar-refractivity contribution >= 4 is 11.9 Å². The molecule has 0 radical (unpaired) electrons. The van der Waals surface area contributed by atoms with Gasteiger partial charge < -0.3 is 10.1 Å². The number of hydrogen-bond acceptors (Lipinski definition) is 3. The van der Waals surface area contributed by atoms with Crippen molar-refractivity contribution < 1.29 is 14.3 Å². The first kappa shape index (κ1) is 10.8. The van der Waals surface area contributed by atoms with E-state index in [2.05, 4.69) is 5.32 Å². The van der Waals surface area contributed by atoms with Gasteiger partial charge >= 0.3 is 5.97 Å². The van der Waals surface area contributed by atoms with E-state index in [-0.39, 0.29) is 18.3 Å². The third kappa shape index (κ3) is 2.58. The first-order valence-electron chi connectivity index (χ1n) is 4.77. The summed E-state index contributed by atoms with van der Waals surface area (Å²) >= 11 is 0. The summed E-state index contributed by atoms with van der Waals surface area (Å²) in [5.74, 6) is -0.472. The summed E-state index contributed by atoms with van der Waals surface area (Å²) in [4.78, 5) is 22.5. The lowest BCUT2D eigenvalue weighted by atomic mass is 10.00. The molecule has 1 heterocycles. The molecule has 0 aromatic rings. The molecule has 0 saturated carbocycles. The van der Waals surface area contributed by atoms with Crippen molar-refractivity contribution in [2.75, 3.05) is 13.2 Å². The maximum atomic E-state index is 11.4. The Morgan fingerprint density at radius 2 is 2.29 bits per heavy atom. The molecular weight excluding hydrogens is 182 g/mol. The van der Waals surface area contributed by atoms with Crippen LogP contribution in [0.15, 0.2) is 11.1 Å². The SMILES string of the molecule is CCOC(=O)CC1=C(C)CCNC1=O. The molecule has 0 saturated heterocycles. The molecule has 0 aromatic carbocycles. The van der Waals surface area contributed by atoms with Gasteiger partial charge in [-0.1, -0.05) is 5.57 Å². The summed E-state index contributed by atoms with van der Waals surface area (Å²) in [6.07, 6.45) is 0.909. The molecule has 0 aromatic heterocycles. The summed E-state index contributed by atoms with van der Waals surface area (Å²) < 4.78 is 4.79. The van der Waals surface area contributed by atoms with E-state index in [1.54, 1.807) is 6.92 Å². The van der Waals surface area contributed by atoms with Crippen LogP contribution in [0.1, 0.15) is 26.7 Å². The number of rotatable bonds is 3. The lowest BCUT2D eigenvalue weighted by molar-refractivity contribution is -0.143. The molecule has 1 rings (SSSR count). The van der Waals surface area contributed by atoms with E-state index in [4.69, 9.17) is 4.74 Å². The van der Waals surface area contributed by atoms with Gasteiger partial charge in [0, 0.05) is 12.1 Å². The highest BCUT2D eigenvalue weighted by Crippen LogP contribution is 2.16. The lowest BCUT2D eigenvalue weighted by Crippen LogP contribution is -2.32. The van der Waals surface area contributed by atoms with Crippen LogP contribution in [0.25, 0.3) is 0 Å². The molecule has 1 aliphatic heterocycles. The van der Waals surface area contributed by atoms with E-state index in [9.17, 15) is 9.59 Å². The summed E-state index contributed by atoms with van der Waals surface area (Å²) in [7, 11) is 0. The summed E-state index contributed by atoms with van der Waals surface area (Å²) in [6, 6.07) is 0. The summed E-state index contributed by atoms with van der Waals surface area (Å²) in [5.41, 5.74) is 1.55. The highest BCUT2D eigenvalue weighted by atomic mass is 16.5. The molecule has 0 bridgehead atoms. The minimum absolute atomic E-state index is 0.0888. The van der Waals surface area contributed by atoms with Gasteiger partial charge in [0.05, 0.1) is 13.0 Å². The topological polar surface area (TPSA) is 55.4 Å². The number of carbonyl (C=O) groups excluding carboxylic acids is 2. The predicted octanol–water partition coefficient (Wildman–Crippen LogP) is 0.776. The quantitative estimate of drug-likeness (QED) is 0.680. The fraction of sp³-hybridized carbons (Fsp3) is 0.600. The molecule has 0 fully saturated rings. The number of carbonyl (C=O) groups is 2. The smallest absolute Gasteiger partial charge is 0.310 e. The van der Waals surface area contributed by atoms with Crippen LogP contribution in [0.2, 0.25) is 0 Å². The van der Waals surface area contributed by atoms with Gasteiger partial charge in [-0.3, -0.25) is 9.59 Å². The van der Waals surface area contributed by atoms with E-state index < -0.39 is 0 Å². The monoisotopic (exact) mass is 197 g/mol. The Kier molecular flexibility index (Phi) is 3.68. The van der Waals surface area contributed by atoms with E-state index in [0.29, 0.717) is 18.7 Å². The second kappa shape index (κ2) is 4.79. The first-order chi connectivity index (χ1) is 6.65. The van der Waals surface area contributed by atoms with E-state index >= 15 is 0 Å². The second-order valence-electron chi connectivity index (χ2n) is 3.25. The lowest BCUT2D eigenvalue weighted by Gasteiger charge is -2.17. The van der Waals surface area contributed by atoms with Crippen molar-refractivity contribution in [1.82, 2.24) is 5.32 Å². The van der Waals surface area contributed by atoms with Crippen LogP contribution < -0.4 is 5.32 Å². The third-order valence-corrected chi connectivity index (χ3v) is 2.20. The van der Waals surface area contributed by atoms with E-state index in [0.717, 1.165) is 12.0 Å². The molecular formula is C10H15NO3. The predicted molar refractivity (Wildman–Crippen MR) is 51.6 cm³/mol. The van der Waals surface area contributed by atoms with Gasteiger partial charge in [0.25, 0.3) is 0 Å². The second-order valence-corrected chi connectivity index (χ2v) is 3.25. The van der Waals surface area contributed by atoms with E-state index in [1.165, 1.54) is 0 Å². The van der Waals surface area contributed by atoms with Crippen LogP contribution in [0, 0.1) is 0 Å². The number of ether oxygens (including phenoxy) is 1. The molecule has 1 amide bonds. The average Bonchev–Trinajstić information content (AvgIpc) is 2.12. The zero-order chi connectivity index (χ0) is 10.6. The Hall–Kier alpha value is -1.32. The Bertz CT molecular complexity index is 281. The molecule has 1 N–H and O–H groups in total. The Labute approximate surface area is 83.3 Å². The van der Waals surface area contributed by atoms with Gasteiger partial charge in [-0.05, 0) is 20.3 Å². The summed E-state index contributed by atoms with van der Waals surface area (Å²) in [6.45, 7) is 4.65. The number of hydrogen-bond donors (Lipinski definition) is 1. The standard InChI is InChI=1S/C10H15NO3/c1-3-14-9(12)6-8-7(2)4-5-11-10(8)13/h3-6H2,1-2H3,(H,11,13). The summed E-state index contributed by atoms with van der Waals surface area (Å²) in [5, 5.41) is 2.71. The van der Waals surface area contributed by atoms with Gasteiger partial charge in [0.1, 0.15) is 0 Å². The molecule has 78 valence electrons. The normalized spacial score (nSPS) is 16.6. The molecule has 0 atom stereocenters. The van der Waals surface area contributed by atoms with Crippen LogP contribution in [0.4, 0.5) is 0 Å². The van der Waals surface area contributed by atoms with Gasteiger partial charge in [-0.2, -0.15) is 0 Å². The zero-order valence-corrected chi connectivity index (χ0v) is 8.55. The van der Waals surface area contributed by atoms with E-state index in [1.807, 2.05) is 6.92 Å². The fourth-order valence-electron chi connectivity index (χ4n) is 1.40. The highest BCUT2D eigenvalue weighted by Gasteiger charge is 2.20. The number of nitrogens with one attached hydrogen (secondary N) is 1.